The highest BCUT2D eigenvalue weighted by Gasteiger charge is 2.26. The minimum Gasteiger partial charge on any atom is -0.342 e. The quantitative estimate of drug-likeness (QED) is 0.0794. The zero-order valence-corrected chi connectivity index (χ0v) is 46.7. The first kappa shape index (κ1) is 69.4. The van der Waals surface area contributed by atoms with Crippen molar-refractivity contribution in [2.45, 2.75) is 152 Å². The van der Waals surface area contributed by atoms with E-state index in [0.717, 1.165) is 0 Å². The van der Waals surface area contributed by atoms with Crippen molar-refractivity contribution in [3.63, 3.8) is 0 Å². The summed E-state index contributed by atoms with van der Waals surface area (Å²) in [6, 6.07) is 0. The first-order valence-electron chi connectivity index (χ1n) is 26.2. The average Bonchev–Trinajstić information content (AvgIpc) is 3.32. The lowest BCUT2D eigenvalue weighted by atomic mass is 10.2. The molecule has 22 nitrogen and oxygen atoms in total. The van der Waals surface area contributed by atoms with Crippen molar-refractivity contribution in [2.24, 2.45) is 0 Å². The molecule has 22 heteroatoms. The molecule has 0 spiro atoms. The molecule has 0 aliphatic carbocycles. The molecule has 426 valence electrons. The third-order valence-electron chi connectivity index (χ3n) is 12.2. The van der Waals surface area contributed by atoms with Crippen LogP contribution in [0, 0.1) is 0 Å². The average molecular weight is 1070 g/mol. The minimum absolute atomic E-state index is 0.0375. The Balaban J connectivity index is 6.81. The summed E-state index contributed by atoms with van der Waals surface area (Å²) in [7, 11) is 0. The zero-order chi connectivity index (χ0) is 57.9. The Labute approximate surface area is 448 Å². The van der Waals surface area contributed by atoms with E-state index in [1.54, 1.807) is 6.92 Å². The molecule has 0 aromatic rings. The number of ketones is 8. The fourth-order valence-electron chi connectivity index (χ4n) is 7.42. The van der Waals surface area contributed by atoms with E-state index in [-0.39, 0.29) is 228 Å². The van der Waals surface area contributed by atoms with Crippen LogP contribution >= 0.6 is 0 Å². The van der Waals surface area contributed by atoms with Gasteiger partial charge in [0.15, 0.2) is 0 Å². The van der Waals surface area contributed by atoms with Gasteiger partial charge in [-0.15, -0.1) is 0 Å². The highest BCUT2D eigenvalue weighted by molar-refractivity contribution is 5.89. The van der Waals surface area contributed by atoms with E-state index < -0.39 is 41.4 Å². The van der Waals surface area contributed by atoms with Crippen LogP contribution in [0.1, 0.15) is 152 Å². The Morgan fingerprint density at radius 1 is 0.224 bits per heavy atom. The van der Waals surface area contributed by atoms with Crippen molar-refractivity contribution in [1.29, 1.82) is 0 Å². The van der Waals surface area contributed by atoms with Gasteiger partial charge in [0.25, 0.3) is 0 Å². The fourth-order valence-corrected chi connectivity index (χ4v) is 7.42. The second kappa shape index (κ2) is 38.9. The number of carbonyl (C=O) groups is 15. The van der Waals surface area contributed by atoms with E-state index in [4.69, 9.17) is 0 Å². The van der Waals surface area contributed by atoms with Crippen LogP contribution < -0.4 is 0 Å². The van der Waals surface area contributed by atoms with Gasteiger partial charge in [0.05, 0.1) is 0 Å². The fraction of sp³-hybridized carbons (Fsp3) is 0.685. The Hall–Kier alpha value is -6.61. The molecule has 0 heterocycles. The standard InChI is InChI=1S/C54H85N7O15/c1-10-11-48(70)59(34-20-53(75)60(36-22-49(71)55(26-12-40(2)62)27-13-41(3)63)37-23-50(72)56(28-14-42(4)64)29-15-43(5)65)35-21-54(76)61(38-24-51(73)57(30-16-44(6)66)31-17-45(7)67)39-25-52(74)58(32-18-46(8)68)33-19-47(9)69/h10-11H,12-39H2,1-9H3. The monoisotopic (exact) mass is 1070 g/mol. The van der Waals surface area contributed by atoms with Crippen molar-refractivity contribution >= 4 is 87.6 Å². The van der Waals surface area contributed by atoms with Crippen LogP contribution in [0.2, 0.25) is 0 Å². The maximum atomic E-state index is 14.2. The van der Waals surface area contributed by atoms with Gasteiger partial charge < -0.3 is 34.3 Å². The molecule has 0 aliphatic rings. The Morgan fingerprint density at radius 3 is 0.487 bits per heavy atom. The van der Waals surface area contributed by atoms with Gasteiger partial charge in [-0.25, -0.2) is 0 Å². The number of allylic oxidation sites excluding steroid dienone is 1. The van der Waals surface area contributed by atoms with Crippen LogP contribution in [0.25, 0.3) is 0 Å². The molecule has 0 N–H and O–H groups in total. The van der Waals surface area contributed by atoms with E-state index in [1.807, 2.05) is 0 Å². The number of nitrogens with zero attached hydrogens (tertiary/aromatic N) is 7. The number of amides is 7. The summed E-state index contributed by atoms with van der Waals surface area (Å²) >= 11 is 0. The molecule has 0 unspecified atom stereocenters. The molecule has 0 rings (SSSR count). The molecular formula is C54H85N7O15. The first-order chi connectivity index (χ1) is 35.7. The van der Waals surface area contributed by atoms with Gasteiger partial charge in [-0.05, 0) is 68.4 Å². The number of hydrogen-bond donors (Lipinski definition) is 0. The van der Waals surface area contributed by atoms with Crippen LogP contribution in [0.4, 0.5) is 0 Å². The molecular weight excluding hydrogens is 987 g/mol. The van der Waals surface area contributed by atoms with Crippen LogP contribution in [-0.4, -0.2) is 214 Å². The lowest BCUT2D eigenvalue weighted by Crippen LogP contribution is -2.43. The molecule has 7 amide bonds. The largest absolute Gasteiger partial charge is 0.342 e. The third kappa shape index (κ3) is 33.3. The summed E-state index contributed by atoms with van der Waals surface area (Å²) in [4.78, 5) is 200. The van der Waals surface area contributed by atoms with Crippen molar-refractivity contribution in [3.05, 3.63) is 12.2 Å². The highest BCUT2D eigenvalue weighted by atomic mass is 16.2. The van der Waals surface area contributed by atoms with E-state index in [1.165, 1.54) is 102 Å². The normalized spacial score (nSPS) is 10.8. The van der Waals surface area contributed by atoms with Gasteiger partial charge in [0, 0.05) is 182 Å². The summed E-state index contributed by atoms with van der Waals surface area (Å²) in [5.41, 5.74) is 0. The van der Waals surface area contributed by atoms with E-state index in [2.05, 4.69) is 0 Å². The van der Waals surface area contributed by atoms with Crippen LogP contribution in [0.15, 0.2) is 12.2 Å². The van der Waals surface area contributed by atoms with Crippen molar-refractivity contribution in [3.8, 4) is 0 Å². The minimum atomic E-state index is -0.569. The maximum absolute atomic E-state index is 14.2. The topological polar surface area (TPSA) is 279 Å². The summed E-state index contributed by atoms with van der Waals surface area (Å²) in [6.45, 7) is 11.6. The van der Waals surface area contributed by atoms with Gasteiger partial charge in [0.1, 0.15) is 46.3 Å². The van der Waals surface area contributed by atoms with E-state index in [0.29, 0.717) is 0 Å². The molecule has 0 saturated carbocycles. The molecule has 0 saturated heterocycles. The second-order valence-corrected chi connectivity index (χ2v) is 19.2. The number of rotatable bonds is 43. The van der Waals surface area contributed by atoms with Gasteiger partial charge in [-0.2, -0.15) is 0 Å². The number of hydrogen-bond acceptors (Lipinski definition) is 15. The predicted octanol–water partition coefficient (Wildman–Crippen LogP) is 2.54. The van der Waals surface area contributed by atoms with Gasteiger partial charge >= 0.3 is 0 Å². The Morgan fingerprint density at radius 2 is 0.355 bits per heavy atom. The van der Waals surface area contributed by atoms with Crippen molar-refractivity contribution in [1.82, 2.24) is 34.3 Å². The molecule has 0 aromatic heterocycles. The number of Topliss-reactive ketones (excluding diaryl/α,β-unsaturated/α-hetero) is 8. The first-order valence-corrected chi connectivity index (χ1v) is 26.2. The predicted molar refractivity (Wildman–Crippen MR) is 281 cm³/mol. The van der Waals surface area contributed by atoms with Crippen LogP contribution in [-0.2, 0) is 71.9 Å². The van der Waals surface area contributed by atoms with E-state index >= 15 is 0 Å². The van der Waals surface area contributed by atoms with Crippen LogP contribution in [0.5, 0.6) is 0 Å². The lowest BCUT2D eigenvalue weighted by Gasteiger charge is -2.29. The zero-order valence-electron chi connectivity index (χ0n) is 46.7. The van der Waals surface area contributed by atoms with Crippen molar-refractivity contribution < 1.29 is 71.9 Å². The Kier molecular flexibility index (Phi) is 35.5. The second-order valence-electron chi connectivity index (χ2n) is 19.2. The molecule has 0 fully saturated rings. The smallest absolute Gasteiger partial charge is 0.246 e. The SMILES string of the molecule is CC=CC(=O)N(CCC(=O)N(CCC(=O)N(CCC(C)=O)CCC(C)=O)CCC(=O)N(CCC(C)=O)CCC(C)=O)CCC(=O)N(CCC(=O)N(CCC(C)=O)CCC(C)=O)CCC(=O)N(CCC(C)=O)CCC(C)=O. The van der Waals surface area contributed by atoms with Gasteiger partial charge in [-0.1, -0.05) is 6.08 Å². The molecule has 0 aliphatic heterocycles. The third-order valence-corrected chi connectivity index (χ3v) is 12.2. The van der Waals surface area contributed by atoms with E-state index in [9.17, 15) is 71.9 Å². The summed E-state index contributed by atoms with van der Waals surface area (Å²) < 4.78 is 0. The summed E-state index contributed by atoms with van der Waals surface area (Å²) in [6.07, 6.45) is 1.33. The van der Waals surface area contributed by atoms with Crippen molar-refractivity contribution in [2.75, 3.05) is 91.6 Å². The molecule has 0 bridgehead atoms. The summed E-state index contributed by atoms with van der Waals surface area (Å²) in [5.74, 6) is -4.92. The lowest BCUT2D eigenvalue weighted by molar-refractivity contribution is -0.138. The number of carbonyl (C=O) groups excluding carboxylic acids is 15. The maximum Gasteiger partial charge on any atom is 0.246 e. The van der Waals surface area contributed by atoms with Gasteiger partial charge in [-0.3, -0.25) is 71.9 Å². The molecule has 76 heavy (non-hydrogen) atoms. The van der Waals surface area contributed by atoms with Gasteiger partial charge in [0.2, 0.25) is 41.4 Å². The summed E-state index contributed by atoms with van der Waals surface area (Å²) in [5, 5.41) is 0. The Bertz CT molecular complexity index is 1770. The molecule has 0 atom stereocenters. The highest BCUT2D eigenvalue weighted by Crippen LogP contribution is 2.12. The molecule has 0 radical (unpaired) electrons. The molecule has 0 aromatic carbocycles. The van der Waals surface area contributed by atoms with Crippen LogP contribution in [0.3, 0.4) is 0 Å².